The van der Waals surface area contributed by atoms with Crippen molar-refractivity contribution in [1.29, 1.82) is 0 Å². The van der Waals surface area contributed by atoms with Gasteiger partial charge in [0.2, 0.25) is 5.91 Å². The van der Waals surface area contributed by atoms with E-state index < -0.39 is 20.0 Å². The number of halogens is 1. The predicted octanol–water partition coefficient (Wildman–Crippen LogP) is 3.53. The Balaban J connectivity index is 1.68. The van der Waals surface area contributed by atoms with Crippen LogP contribution in [0.2, 0.25) is 23.7 Å². The highest BCUT2D eigenvalue weighted by atomic mass is 35.5. The first-order valence-corrected chi connectivity index (χ1v) is 15.3. The Kier molecular flexibility index (Phi) is 7.14. The molecule has 4 rings (SSSR count). The fourth-order valence-electron chi connectivity index (χ4n) is 5.87. The van der Waals surface area contributed by atoms with Crippen molar-refractivity contribution in [2.24, 2.45) is 5.92 Å². The van der Waals surface area contributed by atoms with Crippen molar-refractivity contribution in [3.63, 3.8) is 0 Å². The number of anilines is 1. The lowest BCUT2D eigenvalue weighted by Gasteiger charge is -2.32. The third-order valence-corrected chi connectivity index (χ3v) is 10.1. The Labute approximate surface area is 212 Å². The Morgan fingerprint density at radius 1 is 1.23 bits per heavy atom. The number of benzene rings is 2. The largest absolute Gasteiger partial charge is 0.432 e. The molecule has 0 aliphatic carbocycles. The van der Waals surface area contributed by atoms with E-state index in [1.165, 1.54) is 0 Å². The molecule has 2 aromatic carbocycles. The van der Waals surface area contributed by atoms with E-state index in [1.807, 2.05) is 50.3 Å². The van der Waals surface area contributed by atoms with Crippen LogP contribution >= 0.6 is 11.6 Å². The molecule has 0 aromatic heterocycles. The molecule has 0 radical (unpaired) electrons. The van der Waals surface area contributed by atoms with E-state index in [0.717, 1.165) is 11.3 Å². The molecule has 2 amide bonds. The minimum absolute atomic E-state index is 0.00741. The maximum Gasteiger partial charge on any atom is 0.264 e. The van der Waals surface area contributed by atoms with Gasteiger partial charge in [0.05, 0.1) is 24.8 Å². The van der Waals surface area contributed by atoms with Crippen LogP contribution in [0.3, 0.4) is 0 Å². The second-order valence-corrected chi connectivity index (χ2v) is 14.5. The number of carbonyl (C=O) groups is 2. The summed E-state index contributed by atoms with van der Waals surface area (Å²) in [6, 6.07) is 14.9. The summed E-state index contributed by atoms with van der Waals surface area (Å²) >= 11 is 6.32. The molecule has 1 fully saturated rings. The summed E-state index contributed by atoms with van der Waals surface area (Å²) in [5.74, 6) is -0.760. The Morgan fingerprint density at radius 3 is 2.54 bits per heavy atom. The van der Waals surface area contributed by atoms with Gasteiger partial charge in [-0.15, -0.1) is 0 Å². The Morgan fingerprint density at radius 2 is 1.91 bits per heavy atom. The number of hydrogen-bond acceptors (Lipinski definition) is 5. The van der Waals surface area contributed by atoms with Crippen LogP contribution in [0.15, 0.2) is 48.5 Å². The number of amides is 2. The molecule has 0 saturated carbocycles. The predicted molar refractivity (Wildman–Crippen MR) is 138 cm³/mol. The van der Waals surface area contributed by atoms with Gasteiger partial charge in [-0.2, -0.15) is 0 Å². The van der Waals surface area contributed by atoms with Crippen LogP contribution < -0.4 is 4.90 Å². The standard InChI is InChI=1S/C26H33ClN2O5Si/c1-17-24(35(3,4)33)22(15-23(31)29(12-13-30)16-18-8-6-5-7-9-18)34-26(17)20-14-19(27)10-11-21(20)28(2)25(26)32/h5-11,14,17,22,24,30,33H,12-13,15-16H2,1-4H3/t17-,22+,24-,26+/m0/s1. The highest BCUT2D eigenvalue weighted by molar-refractivity contribution is 6.71. The minimum Gasteiger partial charge on any atom is -0.432 e. The number of ether oxygens (including phenoxy) is 1. The number of aliphatic hydroxyl groups is 1. The van der Waals surface area contributed by atoms with E-state index in [9.17, 15) is 19.5 Å². The van der Waals surface area contributed by atoms with Crippen molar-refractivity contribution in [1.82, 2.24) is 4.90 Å². The number of nitrogens with zero attached hydrogens (tertiary/aromatic N) is 2. The lowest BCUT2D eigenvalue weighted by atomic mass is 9.82. The monoisotopic (exact) mass is 516 g/mol. The molecule has 4 atom stereocenters. The van der Waals surface area contributed by atoms with Gasteiger partial charge in [-0.05, 0) is 36.9 Å². The molecule has 2 aliphatic heterocycles. The molecular weight excluding hydrogens is 484 g/mol. The average Bonchev–Trinajstić information content (AvgIpc) is 3.21. The van der Waals surface area contributed by atoms with Crippen LogP contribution in [0.4, 0.5) is 5.69 Å². The molecule has 1 spiro atoms. The molecule has 0 bridgehead atoms. The highest BCUT2D eigenvalue weighted by Gasteiger charge is 2.66. The van der Waals surface area contributed by atoms with Crippen molar-refractivity contribution in [2.45, 2.75) is 50.2 Å². The molecular formula is C26H33ClN2O5Si. The van der Waals surface area contributed by atoms with E-state index in [2.05, 4.69) is 0 Å². The van der Waals surface area contributed by atoms with Crippen LogP contribution in [0.5, 0.6) is 0 Å². The van der Waals surface area contributed by atoms with E-state index in [-0.39, 0.29) is 42.8 Å². The Bertz CT molecular complexity index is 1110. The van der Waals surface area contributed by atoms with Crippen LogP contribution in [0.1, 0.15) is 24.5 Å². The minimum atomic E-state index is -2.87. The van der Waals surface area contributed by atoms with Crippen molar-refractivity contribution in [2.75, 3.05) is 25.1 Å². The van der Waals surface area contributed by atoms with E-state index in [0.29, 0.717) is 17.1 Å². The molecule has 2 heterocycles. The van der Waals surface area contributed by atoms with Gasteiger partial charge in [-0.1, -0.05) is 48.9 Å². The SMILES string of the molecule is C[C@H]1[C@H]([Si](C)(C)O)[C@@H](CC(=O)N(CCO)Cc2ccccc2)O[C@]12C(=O)N(C)c1ccc(Cl)cc12. The number of rotatable bonds is 7. The summed E-state index contributed by atoms with van der Waals surface area (Å²) in [5.41, 5.74) is 0.691. The fourth-order valence-corrected chi connectivity index (χ4v) is 8.60. The summed E-state index contributed by atoms with van der Waals surface area (Å²) in [6.45, 7) is 5.96. The number of likely N-dealkylation sites (N-methyl/N-ethyl adjacent to an activating group) is 1. The second-order valence-electron chi connectivity index (χ2n) is 10.1. The zero-order valence-corrected chi connectivity index (χ0v) is 22.3. The highest BCUT2D eigenvalue weighted by Crippen LogP contribution is 2.59. The van der Waals surface area contributed by atoms with Gasteiger partial charge in [-0.3, -0.25) is 9.59 Å². The van der Waals surface area contributed by atoms with Crippen molar-refractivity contribution in [3.8, 4) is 0 Å². The molecule has 188 valence electrons. The molecule has 35 heavy (non-hydrogen) atoms. The second kappa shape index (κ2) is 9.67. The van der Waals surface area contributed by atoms with Gasteiger partial charge >= 0.3 is 0 Å². The lowest BCUT2D eigenvalue weighted by molar-refractivity contribution is -0.149. The molecule has 2 aliphatic rings. The lowest BCUT2D eigenvalue weighted by Crippen LogP contribution is -2.45. The van der Waals surface area contributed by atoms with E-state index >= 15 is 0 Å². The van der Waals surface area contributed by atoms with Crippen LogP contribution in [-0.2, 0) is 26.5 Å². The van der Waals surface area contributed by atoms with Gasteiger partial charge < -0.3 is 24.4 Å². The van der Waals surface area contributed by atoms with Crippen molar-refractivity contribution < 1.29 is 24.2 Å². The van der Waals surface area contributed by atoms with Gasteiger partial charge in [-0.25, -0.2) is 0 Å². The summed E-state index contributed by atoms with van der Waals surface area (Å²) in [5, 5.41) is 10.1. The fraction of sp³-hybridized carbons (Fsp3) is 0.462. The van der Waals surface area contributed by atoms with E-state index in [4.69, 9.17) is 16.3 Å². The first-order valence-electron chi connectivity index (χ1n) is 11.9. The summed E-state index contributed by atoms with van der Waals surface area (Å²) in [7, 11) is -1.17. The van der Waals surface area contributed by atoms with Crippen LogP contribution in [-0.4, -0.2) is 61.2 Å². The number of aliphatic hydroxyl groups excluding tert-OH is 1. The summed E-state index contributed by atoms with van der Waals surface area (Å²) < 4.78 is 6.59. The van der Waals surface area contributed by atoms with E-state index in [1.54, 1.807) is 35.0 Å². The molecule has 7 nitrogen and oxygen atoms in total. The molecule has 2 N–H and O–H groups in total. The molecule has 1 saturated heterocycles. The van der Waals surface area contributed by atoms with Crippen molar-refractivity contribution >= 4 is 37.4 Å². The quantitative estimate of drug-likeness (QED) is 0.549. The zero-order valence-electron chi connectivity index (χ0n) is 20.6. The first-order chi connectivity index (χ1) is 16.5. The topological polar surface area (TPSA) is 90.3 Å². The van der Waals surface area contributed by atoms with Crippen LogP contribution in [0.25, 0.3) is 0 Å². The molecule has 2 aromatic rings. The average molecular weight is 517 g/mol. The zero-order chi connectivity index (χ0) is 25.5. The van der Waals surface area contributed by atoms with Gasteiger partial charge in [0, 0.05) is 42.2 Å². The maximum atomic E-state index is 13.7. The summed E-state index contributed by atoms with van der Waals surface area (Å²) in [6.07, 6.45) is -0.642. The smallest absolute Gasteiger partial charge is 0.264 e. The summed E-state index contributed by atoms with van der Waals surface area (Å²) in [4.78, 5) is 41.6. The Hall–Kier alpha value is -2.23. The first kappa shape index (κ1) is 25.8. The third-order valence-electron chi connectivity index (χ3n) is 7.39. The van der Waals surface area contributed by atoms with Crippen LogP contribution in [0, 0.1) is 5.92 Å². The van der Waals surface area contributed by atoms with Gasteiger partial charge in [0.1, 0.15) is 0 Å². The number of carbonyl (C=O) groups excluding carboxylic acids is 2. The normalized spacial score (nSPS) is 25.9. The van der Waals surface area contributed by atoms with Crippen molar-refractivity contribution in [3.05, 3.63) is 64.7 Å². The maximum absolute atomic E-state index is 13.7. The number of hydrogen-bond donors (Lipinski definition) is 2. The molecule has 0 unspecified atom stereocenters. The molecule has 9 heteroatoms. The van der Waals surface area contributed by atoms with Gasteiger partial charge in [0.15, 0.2) is 13.9 Å². The number of fused-ring (bicyclic) bond motifs is 2. The van der Waals surface area contributed by atoms with Gasteiger partial charge in [0.25, 0.3) is 5.91 Å². The third kappa shape index (κ3) is 4.54.